The highest BCUT2D eigenvalue weighted by molar-refractivity contribution is 5.95. The summed E-state index contributed by atoms with van der Waals surface area (Å²) < 4.78 is 10.7. The highest BCUT2D eigenvalue weighted by Gasteiger charge is 2.19. The number of carbonyl (C=O) groups excluding carboxylic acids is 3. The summed E-state index contributed by atoms with van der Waals surface area (Å²) in [6.07, 6.45) is -0.985. The fourth-order valence-electron chi connectivity index (χ4n) is 2.59. The van der Waals surface area contributed by atoms with Crippen LogP contribution < -0.4 is 15.4 Å². The molecule has 7 nitrogen and oxygen atoms in total. The molecule has 2 rings (SSSR count). The van der Waals surface area contributed by atoms with Gasteiger partial charge < -0.3 is 20.1 Å². The van der Waals surface area contributed by atoms with Gasteiger partial charge in [-0.05, 0) is 48.7 Å². The van der Waals surface area contributed by atoms with E-state index in [0.717, 1.165) is 5.56 Å². The molecule has 0 radical (unpaired) electrons. The lowest BCUT2D eigenvalue weighted by molar-refractivity contribution is -0.155. The predicted octanol–water partition coefficient (Wildman–Crippen LogP) is 3.72. The van der Waals surface area contributed by atoms with E-state index in [2.05, 4.69) is 10.6 Å². The minimum atomic E-state index is -0.985. The summed E-state index contributed by atoms with van der Waals surface area (Å²) in [5.74, 6) is -0.402. The zero-order valence-corrected chi connectivity index (χ0v) is 17.0. The third-order valence-electron chi connectivity index (χ3n) is 4.04. The number of benzene rings is 2. The average Bonchev–Trinajstić information content (AvgIpc) is 2.67. The van der Waals surface area contributed by atoms with Gasteiger partial charge in [0.1, 0.15) is 5.75 Å². The van der Waals surface area contributed by atoms with Gasteiger partial charge in [-0.2, -0.15) is 0 Å². The van der Waals surface area contributed by atoms with E-state index in [-0.39, 0.29) is 18.4 Å². The Hall–Kier alpha value is -3.35. The van der Waals surface area contributed by atoms with Gasteiger partial charge in [-0.3, -0.25) is 9.59 Å². The molecule has 0 fully saturated rings. The van der Waals surface area contributed by atoms with E-state index >= 15 is 0 Å². The molecule has 2 N–H and O–H groups in total. The Labute approximate surface area is 170 Å². The molecular weight excluding hydrogens is 372 g/mol. The van der Waals surface area contributed by atoms with Crippen molar-refractivity contribution in [2.75, 3.05) is 17.2 Å². The van der Waals surface area contributed by atoms with Crippen molar-refractivity contribution in [3.63, 3.8) is 0 Å². The van der Waals surface area contributed by atoms with Crippen molar-refractivity contribution >= 4 is 29.2 Å². The lowest BCUT2D eigenvalue weighted by atomic mass is 10.0. The van der Waals surface area contributed by atoms with Crippen molar-refractivity contribution in [2.45, 2.75) is 39.7 Å². The van der Waals surface area contributed by atoms with Gasteiger partial charge in [-0.25, -0.2) is 4.79 Å². The molecule has 2 aromatic rings. The molecular formula is C22H26N2O5. The molecule has 0 unspecified atom stereocenters. The van der Waals surface area contributed by atoms with E-state index in [1.807, 2.05) is 32.0 Å². The van der Waals surface area contributed by atoms with Crippen molar-refractivity contribution in [1.29, 1.82) is 0 Å². The SMILES string of the molecule is CC(=O)Nc1ccc(NC(=O)[C@H](C)OC(=O)COc2ccccc2C(C)C)cc1. The zero-order chi connectivity index (χ0) is 21.4. The van der Waals surface area contributed by atoms with Crippen LogP contribution in [0.4, 0.5) is 11.4 Å². The molecule has 2 amide bonds. The van der Waals surface area contributed by atoms with Gasteiger partial charge in [-0.1, -0.05) is 32.0 Å². The highest BCUT2D eigenvalue weighted by Crippen LogP contribution is 2.25. The van der Waals surface area contributed by atoms with Crippen LogP contribution >= 0.6 is 0 Å². The smallest absolute Gasteiger partial charge is 0.344 e. The second kappa shape index (κ2) is 10.3. The van der Waals surface area contributed by atoms with Crippen LogP contribution in [0, 0.1) is 0 Å². The van der Waals surface area contributed by atoms with E-state index in [0.29, 0.717) is 17.1 Å². The maximum Gasteiger partial charge on any atom is 0.344 e. The summed E-state index contributed by atoms with van der Waals surface area (Å²) >= 11 is 0. The maximum atomic E-state index is 12.2. The van der Waals surface area contributed by atoms with Crippen LogP contribution in [0.3, 0.4) is 0 Å². The van der Waals surface area contributed by atoms with Crippen LogP contribution in [0.1, 0.15) is 39.2 Å². The van der Waals surface area contributed by atoms with E-state index in [1.165, 1.54) is 13.8 Å². The second-order valence-electron chi connectivity index (χ2n) is 6.86. The maximum absolute atomic E-state index is 12.2. The number of anilines is 2. The summed E-state index contributed by atoms with van der Waals surface area (Å²) in [6, 6.07) is 14.1. The van der Waals surface area contributed by atoms with Crippen LogP contribution in [0.15, 0.2) is 48.5 Å². The minimum Gasteiger partial charge on any atom is -0.482 e. The number of rotatable bonds is 8. The van der Waals surface area contributed by atoms with E-state index in [1.54, 1.807) is 30.3 Å². The fourth-order valence-corrected chi connectivity index (χ4v) is 2.59. The van der Waals surface area contributed by atoms with Crippen molar-refractivity contribution in [3.05, 3.63) is 54.1 Å². The average molecular weight is 398 g/mol. The Morgan fingerprint density at radius 3 is 2.07 bits per heavy atom. The van der Waals surface area contributed by atoms with Crippen LogP contribution in [0.5, 0.6) is 5.75 Å². The molecule has 0 aliphatic rings. The normalized spacial score (nSPS) is 11.5. The molecule has 1 atom stereocenters. The number of ether oxygens (including phenoxy) is 2. The molecule has 29 heavy (non-hydrogen) atoms. The van der Waals surface area contributed by atoms with E-state index in [9.17, 15) is 14.4 Å². The molecule has 0 bridgehead atoms. The molecule has 0 heterocycles. The fraction of sp³-hybridized carbons (Fsp3) is 0.318. The first-order chi connectivity index (χ1) is 13.8. The second-order valence-corrected chi connectivity index (χ2v) is 6.86. The number of carbonyl (C=O) groups is 3. The number of nitrogens with one attached hydrogen (secondary N) is 2. The Balaban J connectivity index is 1.84. The van der Waals surface area contributed by atoms with E-state index < -0.39 is 18.0 Å². The van der Waals surface area contributed by atoms with Crippen LogP contribution in [-0.4, -0.2) is 30.5 Å². The first kappa shape index (κ1) is 21.9. The summed E-state index contributed by atoms with van der Waals surface area (Å²) in [6.45, 7) is 6.69. The monoisotopic (exact) mass is 398 g/mol. The number of esters is 1. The lowest BCUT2D eigenvalue weighted by Gasteiger charge is -2.16. The lowest BCUT2D eigenvalue weighted by Crippen LogP contribution is -2.31. The molecule has 0 spiro atoms. The standard InChI is InChI=1S/C22H26N2O5/c1-14(2)19-7-5-6-8-20(19)28-13-21(26)29-15(3)22(27)24-18-11-9-17(10-12-18)23-16(4)25/h5-12,14-15H,13H2,1-4H3,(H,23,25)(H,24,27)/t15-/m0/s1. The molecule has 154 valence electrons. The van der Waals surface area contributed by atoms with Gasteiger partial charge in [0.2, 0.25) is 5.91 Å². The van der Waals surface area contributed by atoms with Crippen molar-refractivity contribution in [3.8, 4) is 5.75 Å². The minimum absolute atomic E-state index is 0.180. The molecule has 7 heteroatoms. The van der Waals surface area contributed by atoms with Gasteiger partial charge in [0.15, 0.2) is 12.7 Å². The molecule has 0 saturated carbocycles. The largest absolute Gasteiger partial charge is 0.482 e. The van der Waals surface area contributed by atoms with E-state index in [4.69, 9.17) is 9.47 Å². The molecule has 0 saturated heterocycles. The van der Waals surface area contributed by atoms with Crippen molar-refractivity contribution in [2.24, 2.45) is 0 Å². The van der Waals surface area contributed by atoms with Crippen LogP contribution in [-0.2, 0) is 19.1 Å². The molecule has 0 aliphatic heterocycles. The molecule has 2 aromatic carbocycles. The van der Waals surface area contributed by atoms with Crippen LogP contribution in [0.25, 0.3) is 0 Å². The summed E-state index contributed by atoms with van der Waals surface area (Å²) in [4.78, 5) is 35.3. The van der Waals surface area contributed by atoms with Gasteiger partial charge in [0.25, 0.3) is 5.91 Å². The van der Waals surface area contributed by atoms with Crippen molar-refractivity contribution in [1.82, 2.24) is 0 Å². The first-order valence-electron chi connectivity index (χ1n) is 9.36. The predicted molar refractivity (Wildman–Crippen MR) is 111 cm³/mol. The number of amides is 2. The highest BCUT2D eigenvalue weighted by atomic mass is 16.6. The first-order valence-corrected chi connectivity index (χ1v) is 9.36. The zero-order valence-electron chi connectivity index (χ0n) is 17.0. The molecule has 0 aliphatic carbocycles. The van der Waals surface area contributed by atoms with Crippen molar-refractivity contribution < 1.29 is 23.9 Å². The Morgan fingerprint density at radius 2 is 1.48 bits per heavy atom. The number of hydrogen-bond donors (Lipinski definition) is 2. The Kier molecular flexibility index (Phi) is 7.77. The number of para-hydroxylation sites is 1. The quantitative estimate of drug-likeness (QED) is 0.661. The summed E-state index contributed by atoms with van der Waals surface area (Å²) in [5, 5.41) is 5.29. The van der Waals surface area contributed by atoms with Gasteiger partial charge in [0, 0.05) is 18.3 Å². The van der Waals surface area contributed by atoms with Crippen LogP contribution in [0.2, 0.25) is 0 Å². The van der Waals surface area contributed by atoms with Gasteiger partial charge in [0.05, 0.1) is 0 Å². The molecule has 0 aromatic heterocycles. The third kappa shape index (κ3) is 6.95. The Morgan fingerprint density at radius 1 is 0.897 bits per heavy atom. The summed E-state index contributed by atoms with van der Waals surface area (Å²) in [7, 11) is 0. The third-order valence-corrected chi connectivity index (χ3v) is 4.04. The Bertz CT molecular complexity index is 862. The topological polar surface area (TPSA) is 93.7 Å². The number of hydrogen-bond acceptors (Lipinski definition) is 5. The van der Waals surface area contributed by atoms with Gasteiger partial charge >= 0.3 is 5.97 Å². The van der Waals surface area contributed by atoms with Gasteiger partial charge in [-0.15, -0.1) is 0 Å². The summed E-state index contributed by atoms with van der Waals surface area (Å²) in [5.41, 5.74) is 2.14.